The van der Waals surface area contributed by atoms with Gasteiger partial charge in [-0.1, -0.05) is 30.3 Å². The minimum absolute atomic E-state index is 0.452. The first-order chi connectivity index (χ1) is 9.86. The van der Waals surface area contributed by atoms with E-state index >= 15 is 0 Å². The van der Waals surface area contributed by atoms with E-state index in [0.717, 1.165) is 27.7 Å². The highest BCUT2D eigenvalue weighted by molar-refractivity contribution is 6.04. The Morgan fingerprint density at radius 3 is 2.55 bits per heavy atom. The zero-order valence-corrected chi connectivity index (χ0v) is 10.7. The van der Waals surface area contributed by atoms with Gasteiger partial charge in [-0.2, -0.15) is 0 Å². The molecule has 20 heavy (non-hydrogen) atoms. The van der Waals surface area contributed by atoms with E-state index in [4.69, 9.17) is 5.73 Å². The average Bonchev–Trinajstić information content (AvgIpc) is 2.84. The molecule has 0 aliphatic rings. The summed E-state index contributed by atoms with van der Waals surface area (Å²) in [6.45, 7) is 0. The average molecular weight is 260 g/mol. The fourth-order valence-electron chi connectivity index (χ4n) is 2.67. The molecule has 0 amide bonds. The summed E-state index contributed by atoms with van der Waals surface area (Å²) >= 11 is 0. The van der Waals surface area contributed by atoms with E-state index in [-0.39, 0.29) is 0 Å². The molecule has 0 aliphatic heterocycles. The number of nitrogens with zero attached hydrogens (tertiary/aromatic N) is 3. The van der Waals surface area contributed by atoms with Crippen LogP contribution >= 0.6 is 0 Å². The lowest BCUT2D eigenvalue weighted by Crippen LogP contribution is -1.99. The molecule has 3 heterocycles. The third kappa shape index (κ3) is 1.42. The largest absolute Gasteiger partial charge is 0.369 e. The maximum absolute atomic E-state index is 6.03. The summed E-state index contributed by atoms with van der Waals surface area (Å²) in [5, 5.41) is 1.08. The molecule has 2 N–H and O–H groups in total. The lowest BCUT2D eigenvalue weighted by molar-refractivity contribution is 1.12. The molecular weight excluding hydrogens is 248 g/mol. The fraction of sp³-hybridized carbons (Fsp3) is 0. The van der Waals surface area contributed by atoms with Crippen LogP contribution in [0.15, 0.2) is 60.9 Å². The molecule has 0 atom stereocenters. The van der Waals surface area contributed by atoms with Crippen LogP contribution in [0.25, 0.3) is 27.7 Å². The highest BCUT2D eigenvalue weighted by atomic mass is 15.1. The van der Waals surface area contributed by atoms with E-state index in [1.54, 1.807) is 12.4 Å². The van der Waals surface area contributed by atoms with Gasteiger partial charge >= 0.3 is 0 Å². The SMILES string of the molecule is Nc1nccc2c(-c3ccccc3)c3cccnc3n12. The van der Waals surface area contributed by atoms with Crippen molar-refractivity contribution in [3.63, 3.8) is 0 Å². The van der Waals surface area contributed by atoms with Crippen molar-refractivity contribution in [3.8, 4) is 11.1 Å². The van der Waals surface area contributed by atoms with Gasteiger partial charge in [-0.25, -0.2) is 9.97 Å². The summed E-state index contributed by atoms with van der Waals surface area (Å²) in [6, 6.07) is 16.3. The Morgan fingerprint density at radius 1 is 0.850 bits per heavy atom. The Hall–Kier alpha value is -2.88. The molecule has 3 aromatic heterocycles. The van der Waals surface area contributed by atoms with Gasteiger partial charge < -0.3 is 5.73 Å². The van der Waals surface area contributed by atoms with Crippen LogP contribution in [0.2, 0.25) is 0 Å². The number of rotatable bonds is 1. The van der Waals surface area contributed by atoms with Gasteiger partial charge in [-0.15, -0.1) is 0 Å². The summed E-state index contributed by atoms with van der Waals surface area (Å²) in [5.41, 5.74) is 10.2. The van der Waals surface area contributed by atoms with Crippen LogP contribution in [0.3, 0.4) is 0 Å². The lowest BCUT2D eigenvalue weighted by Gasteiger charge is -2.02. The summed E-state index contributed by atoms with van der Waals surface area (Å²) in [7, 11) is 0. The van der Waals surface area contributed by atoms with Crippen LogP contribution in [-0.2, 0) is 0 Å². The number of fused-ring (bicyclic) bond motifs is 3. The standard InChI is InChI=1S/C16H12N4/c17-16-19-10-8-13-14(11-5-2-1-3-6-11)12-7-4-9-18-15(12)20(13)16/h1-10H,(H2,17,19). The van der Waals surface area contributed by atoms with Gasteiger partial charge in [0.15, 0.2) is 0 Å². The Labute approximate surface area is 115 Å². The topological polar surface area (TPSA) is 56.2 Å². The molecule has 4 nitrogen and oxygen atoms in total. The fourth-order valence-corrected chi connectivity index (χ4v) is 2.67. The van der Waals surface area contributed by atoms with Crippen molar-refractivity contribution in [1.82, 2.24) is 14.4 Å². The van der Waals surface area contributed by atoms with Crippen molar-refractivity contribution in [1.29, 1.82) is 0 Å². The van der Waals surface area contributed by atoms with Gasteiger partial charge in [0.05, 0.1) is 5.52 Å². The van der Waals surface area contributed by atoms with Crippen molar-refractivity contribution >= 4 is 22.5 Å². The number of hydrogen-bond donors (Lipinski definition) is 1. The monoisotopic (exact) mass is 260 g/mol. The van der Waals surface area contributed by atoms with Gasteiger partial charge in [-0.05, 0) is 23.8 Å². The molecule has 0 bridgehead atoms. The van der Waals surface area contributed by atoms with Crippen LogP contribution in [-0.4, -0.2) is 14.4 Å². The molecular formula is C16H12N4. The molecule has 4 rings (SSSR count). The number of pyridine rings is 1. The van der Waals surface area contributed by atoms with E-state index in [0.29, 0.717) is 5.95 Å². The molecule has 4 heteroatoms. The second-order valence-corrected chi connectivity index (χ2v) is 4.64. The second kappa shape index (κ2) is 4.06. The van der Waals surface area contributed by atoms with Crippen molar-refractivity contribution in [2.45, 2.75) is 0 Å². The van der Waals surface area contributed by atoms with Crippen molar-refractivity contribution < 1.29 is 0 Å². The number of hydrogen-bond acceptors (Lipinski definition) is 3. The van der Waals surface area contributed by atoms with Crippen LogP contribution in [0.1, 0.15) is 0 Å². The quantitative estimate of drug-likeness (QED) is 0.572. The van der Waals surface area contributed by atoms with E-state index in [9.17, 15) is 0 Å². The van der Waals surface area contributed by atoms with E-state index in [2.05, 4.69) is 28.2 Å². The Kier molecular flexibility index (Phi) is 2.23. The Balaban J connectivity index is 2.26. The predicted molar refractivity (Wildman–Crippen MR) is 80.3 cm³/mol. The van der Waals surface area contributed by atoms with E-state index in [1.807, 2.05) is 34.7 Å². The van der Waals surface area contributed by atoms with E-state index < -0.39 is 0 Å². The smallest absolute Gasteiger partial charge is 0.206 e. The first-order valence-corrected chi connectivity index (χ1v) is 6.41. The first-order valence-electron chi connectivity index (χ1n) is 6.41. The van der Waals surface area contributed by atoms with Crippen LogP contribution < -0.4 is 5.73 Å². The normalized spacial score (nSPS) is 11.2. The summed E-state index contributed by atoms with van der Waals surface area (Å²) in [5.74, 6) is 0.452. The maximum atomic E-state index is 6.03. The van der Waals surface area contributed by atoms with Crippen molar-refractivity contribution in [2.24, 2.45) is 0 Å². The van der Waals surface area contributed by atoms with Gasteiger partial charge in [0.1, 0.15) is 5.65 Å². The predicted octanol–water partition coefficient (Wildman–Crippen LogP) is 3.13. The first kappa shape index (κ1) is 11.0. The molecule has 0 radical (unpaired) electrons. The van der Waals surface area contributed by atoms with Crippen molar-refractivity contribution in [3.05, 3.63) is 60.9 Å². The molecule has 0 aliphatic carbocycles. The van der Waals surface area contributed by atoms with Gasteiger partial charge in [0.25, 0.3) is 0 Å². The number of anilines is 1. The van der Waals surface area contributed by atoms with Crippen LogP contribution in [0, 0.1) is 0 Å². The molecule has 4 aromatic rings. The zero-order valence-electron chi connectivity index (χ0n) is 10.7. The summed E-state index contributed by atoms with van der Waals surface area (Å²) in [4.78, 5) is 8.62. The minimum Gasteiger partial charge on any atom is -0.369 e. The summed E-state index contributed by atoms with van der Waals surface area (Å²) in [6.07, 6.45) is 3.51. The van der Waals surface area contributed by atoms with Gasteiger partial charge in [0.2, 0.25) is 5.95 Å². The molecule has 0 saturated heterocycles. The van der Waals surface area contributed by atoms with Crippen molar-refractivity contribution in [2.75, 3.05) is 5.73 Å². The van der Waals surface area contributed by atoms with E-state index in [1.165, 1.54) is 0 Å². The minimum atomic E-state index is 0.452. The number of benzene rings is 1. The molecule has 0 spiro atoms. The lowest BCUT2D eigenvalue weighted by atomic mass is 10.0. The zero-order chi connectivity index (χ0) is 13.5. The van der Waals surface area contributed by atoms with Gasteiger partial charge in [0, 0.05) is 23.3 Å². The third-order valence-electron chi connectivity index (χ3n) is 3.50. The van der Waals surface area contributed by atoms with Gasteiger partial charge in [-0.3, -0.25) is 4.40 Å². The Morgan fingerprint density at radius 2 is 1.70 bits per heavy atom. The third-order valence-corrected chi connectivity index (χ3v) is 3.50. The number of nitrogen functional groups attached to an aromatic ring is 1. The molecule has 0 fully saturated rings. The molecule has 96 valence electrons. The number of aromatic nitrogens is 3. The highest BCUT2D eigenvalue weighted by Gasteiger charge is 2.15. The molecule has 1 aromatic carbocycles. The van der Waals surface area contributed by atoms with Crippen LogP contribution in [0.5, 0.6) is 0 Å². The second-order valence-electron chi connectivity index (χ2n) is 4.64. The maximum Gasteiger partial charge on any atom is 0.206 e. The Bertz CT molecular complexity index is 910. The number of nitrogens with two attached hydrogens (primary N) is 1. The highest BCUT2D eigenvalue weighted by Crippen LogP contribution is 2.34. The van der Waals surface area contributed by atoms with Crippen LogP contribution in [0.4, 0.5) is 5.95 Å². The molecule has 0 unspecified atom stereocenters. The summed E-state index contributed by atoms with van der Waals surface area (Å²) < 4.78 is 1.90. The molecule has 0 saturated carbocycles.